The fraction of sp³-hybridized carbons (Fsp3) is 0.533. The molecule has 0 bridgehead atoms. The predicted molar refractivity (Wildman–Crippen MR) is 85.7 cm³/mol. The predicted octanol–water partition coefficient (Wildman–Crippen LogP) is 3.00. The molecule has 0 unspecified atom stereocenters. The van der Waals surface area contributed by atoms with Gasteiger partial charge in [-0.15, -0.1) is 0 Å². The lowest BCUT2D eigenvalue weighted by molar-refractivity contribution is 0.0989. The van der Waals surface area contributed by atoms with Crippen molar-refractivity contribution < 1.29 is 4.79 Å². The van der Waals surface area contributed by atoms with E-state index in [-0.39, 0.29) is 5.78 Å². The summed E-state index contributed by atoms with van der Waals surface area (Å²) in [6.07, 6.45) is 1.19. The highest BCUT2D eigenvalue weighted by Crippen LogP contribution is 2.25. The summed E-state index contributed by atoms with van der Waals surface area (Å²) in [7, 11) is 1.86. The Morgan fingerprint density at radius 2 is 1.90 bits per heavy atom. The van der Waals surface area contributed by atoms with Gasteiger partial charge in [0.2, 0.25) is 0 Å². The maximum Gasteiger partial charge on any atom is 0.172 e. The van der Waals surface area contributed by atoms with Crippen LogP contribution in [0, 0.1) is 13.8 Å². The fourth-order valence-corrected chi connectivity index (χ4v) is 3.31. The number of aromatic nitrogens is 4. The largest absolute Gasteiger partial charge is 0.294 e. The molecule has 2 aromatic heterocycles. The van der Waals surface area contributed by atoms with Gasteiger partial charge in [0, 0.05) is 19.3 Å². The van der Waals surface area contributed by atoms with Gasteiger partial charge in [-0.3, -0.25) is 14.2 Å². The number of carbonyl (C=O) groups excluding carboxylic acids is 1. The van der Waals surface area contributed by atoms with Gasteiger partial charge in [-0.1, -0.05) is 6.92 Å². The normalized spacial score (nSPS) is 11.1. The molecule has 0 radical (unpaired) electrons. The zero-order valence-electron chi connectivity index (χ0n) is 13.2. The highest BCUT2D eigenvalue weighted by molar-refractivity contribution is 9.10. The van der Waals surface area contributed by atoms with E-state index in [1.165, 1.54) is 0 Å². The molecule has 2 rings (SSSR count). The van der Waals surface area contributed by atoms with Crippen LogP contribution in [0.1, 0.15) is 47.0 Å². The molecule has 0 fully saturated rings. The third-order valence-corrected chi connectivity index (χ3v) is 4.73. The highest BCUT2D eigenvalue weighted by atomic mass is 79.9. The minimum Gasteiger partial charge on any atom is -0.294 e. The summed E-state index contributed by atoms with van der Waals surface area (Å²) in [5.74, 6) is 0.0936. The van der Waals surface area contributed by atoms with Crippen LogP contribution in [0.3, 0.4) is 0 Å². The number of Topliss-reactive ketones (excluding diaryl/α,β-unsaturated/α-hetero) is 1. The first-order valence-electron chi connectivity index (χ1n) is 7.18. The lowest BCUT2D eigenvalue weighted by Gasteiger charge is -2.05. The lowest BCUT2D eigenvalue weighted by Crippen LogP contribution is -2.11. The average molecular weight is 353 g/mol. The van der Waals surface area contributed by atoms with E-state index >= 15 is 0 Å². The molecular weight excluding hydrogens is 332 g/mol. The molecule has 0 saturated heterocycles. The van der Waals surface area contributed by atoms with Crippen LogP contribution in [0.2, 0.25) is 0 Å². The SMILES string of the molecule is CCc1nn(CC)c(CC(=O)c2c(C)nn(C)c2C)c1Br. The zero-order chi connectivity index (χ0) is 15.7. The van der Waals surface area contributed by atoms with Gasteiger partial charge in [0.25, 0.3) is 0 Å². The number of ketones is 1. The van der Waals surface area contributed by atoms with Crippen molar-refractivity contribution in [3.8, 4) is 0 Å². The smallest absolute Gasteiger partial charge is 0.172 e. The van der Waals surface area contributed by atoms with E-state index in [1.54, 1.807) is 4.68 Å². The van der Waals surface area contributed by atoms with Crippen LogP contribution in [0.5, 0.6) is 0 Å². The van der Waals surface area contributed by atoms with Crippen molar-refractivity contribution in [2.45, 2.75) is 47.1 Å². The van der Waals surface area contributed by atoms with Crippen LogP contribution in [0.4, 0.5) is 0 Å². The molecule has 0 spiro atoms. The fourth-order valence-electron chi connectivity index (χ4n) is 2.60. The Morgan fingerprint density at radius 3 is 2.38 bits per heavy atom. The van der Waals surface area contributed by atoms with Crippen molar-refractivity contribution in [2.75, 3.05) is 0 Å². The lowest BCUT2D eigenvalue weighted by atomic mass is 10.0. The standard InChI is InChI=1S/C15H21BrN4O/c1-6-11-15(16)12(20(7-2)18-11)8-13(21)14-9(3)17-19(5)10(14)4/h6-8H2,1-5H3. The summed E-state index contributed by atoms with van der Waals surface area (Å²) < 4.78 is 4.62. The van der Waals surface area contributed by atoms with Crippen LogP contribution < -0.4 is 0 Å². The first-order chi connectivity index (χ1) is 9.90. The molecule has 0 aliphatic rings. The van der Waals surface area contributed by atoms with Crippen LogP contribution >= 0.6 is 15.9 Å². The summed E-state index contributed by atoms with van der Waals surface area (Å²) in [5.41, 5.74) is 4.37. The minimum atomic E-state index is 0.0936. The quantitative estimate of drug-likeness (QED) is 0.777. The average Bonchev–Trinajstić information content (AvgIpc) is 2.88. The summed E-state index contributed by atoms with van der Waals surface area (Å²) in [6.45, 7) is 8.66. The molecule has 2 heterocycles. The van der Waals surface area contributed by atoms with Crippen LogP contribution in [0.15, 0.2) is 4.47 Å². The number of aryl methyl sites for hydroxylation is 4. The number of carbonyl (C=O) groups is 1. The first-order valence-corrected chi connectivity index (χ1v) is 7.97. The van der Waals surface area contributed by atoms with E-state index in [0.717, 1.165) is 45.8 Å². The Morgan fingerprint density at radius 1 is 1.24 bits per heavy atom. The maximum absolute atomic E-state index is 12.7. The van der Waals surface area contributed by atoms with E-state index < -0.39 is 0 Å². The highest BCUT2D eigenvalue weighted by Gasteiger charge is 2.22. The molecule has 0 aliphatic carbocycles. The van der Waals surface area contributed by atoms with Crippen LogP contribution in [-0.4, -0.2) is 25.3 Å². The molecule has 2 aromatic rings. The molecule has 0 aliphatic heterocycles. The number of rotatable bonds is 5. The number of hydrogen-bond donors (Lipinski definition) is 0. The molecule has 21 heavy (non-hydrogen) atoms. The second-order valence-corrected chi connectivity index (χ2v) is 5.94. The molecule has 0 N–H and O–H groups in total. The Balaban J connectivity index is 2.38. The van der Waals surface area contributed by atoms with E-state index in [1.807, 2.05) is 32.5 Å². The second-order valence-electron chi connectivity index (χ2n) is 5.15. The molecular formula is C15H21BrN4O. The van der Waals surface area contributed by atoms with E-state index in [2.05, 4.69) is 33.1 Å². The van der Waals surface area contributed by atoms with Crippen molar-refractivity contribution in [2.24, 2.45) is 7.05 Å². The van der Waals surface area contributed by atoms with Crippen molar-refractivity contribution in [3.63, 3.8) is 0 Å². The van der Waals surface area contributed by atoms with Gasteiger partial charge in [0.15, 0.2) is 5.78 Å². The van der Waals surface area contributed by atoms with Crippen molar-refractivity contribution in [1.29, 1.82) is 0 Å². The summed E-state index contributed by atoms with van der Waals surface area (Å²) in [4.78, 5) is 12.7. The molecule has 6 heteroatoms. The first kappa shape index (κ1) is 15.9. The third-order valence-electron chi connectivity index (χ3n) is 3.81. The third kappa shape index (κ3) is 2.81. The van der Waals surface area contributed by atoms with Crippen molar-refractivity contribution in [1.82, 2.24) is 19.6 Å². The van der Waals surface area contributed by atoms with Crippen LogP contribution in [0.25, 0.3) is 0 Å². The molecule has 5 nitrogen and oxygen atoms in total. The Labute approximate surface area is 133 Å². The summed E-state index contributed by atoms with van der Waals surface area (Å²) >= 11 is 3.59. The Bertz CT molecular complexity index is 684. The topological polar surface area (TPSA) is 52.7 Å². The van der Waals surface area contributed by atoms with Crippen LogP contribution in [-0.2, 0) is 26.4 Å². The summed E-state index contributed by atoms with van der Waals surface area (Å²) in [5, 5.41) is 8.86. The van der Waals surface area contributed by atoms with Gasteiger partial charge in [-0.2, -0.15) is 10.2 Å². The summed E-state index contributed by atoms with van der Waals surface area (Å²) in [6, 6.07) is 0. The number of hydrogen-bond acceptors (Lipinski definition) is 3. The minimum absolute atomic E-state index is 0.0936. The van der Waals surface area contributed by atoms with Gasteiger partial charge in [-0.05, 0) is 43.1 Å². The van der Waals surface area contributed by atoms with Gasteiger partial charge in [-0.25, -0.2) is 0 Å². The number of nitrogens with zero attached hydrogens (tertiary/aromatic N) is 4. The molecule has 114 valence electrons. The maximum atomic E-state index is 12.7. The van der Waals surface area contributed by atoms with Gasteiger partial charge in [0.05, 0.1) is 33.5 Å². The molecule has 0 saturated carbocycles. The van der Waals surface area contributed by atoms with Gasteiger partial charge in [0.1, 0.15) is 0 Å². The second kappa shape index (κ2) is 6.13. The monoisotopic (exact) mass is 352 g/mol. The molecule has 0 aromatic carbocycles. The number of halogens is 1. The Hall–Kier alpha value is -1.43. The van der Waals surface area contributed by atoms with E-state index in [4.69, 9.17) is 0 Å². The molecule has 0 amide bonds. The van der Waals surface area contributed by atoms with E-state index in [0.29, 0.717) is 6.42 Å². The van der Waals surface area contributed by atoms with Crippen molar-refractivity contribution >= 4 is 21.7 Å². The van der Waals surface area contributed by atoms with E-state index in [9.17, 15) is 4.79 Å². The zero-order valence-corrected chi connectivity index (χ0v) is 14.8. The van der Waals surface area contributed by atoms with Gasteiger partial charge >= 0.3 is 0 Å². The Kier molecular flexibility index (Phi) is 4.66. The molecule has 0 atom stereocenters. The van der Waals surface area contributed by atoms with Crippen molar-refractivity contribution in [3.05, 3.63) is 32.8 Å². The van der Waals surface area contributed by atoms with Gasteiger partial charge < -0.3 is 0 Å².